The first-order valence-electron chi connectivity index (χ1n) is 15.6. The average molecular weight is 715 g/mol. The van der Waals surface area contributed by atoms with Crippen LogP contribution >= 0.6 is 23.2 Å². The predicted octanol–water partition coefficient (Wildman–Crippen LogP) is 7.28. The zero-order valence-electron chi connectivity index (χ0n) is 26.7. The first-order chi connectivity index (χ1) is 23.0. The molecule has 0 fully saturated rings. The van der Waals surface area contributed by atoms with E-state index in [2.05, 4.69) is 5.32 Å². The molecule has 0 bridgehead atoms. The number of anilines is 1. The molecule has 4 rings (SSSR count). The Kier molecular flexibility index (Phi) is 13.3. The van der Waals surface area contributed by atoms with Crippen molar-refractivity contribution in [2.24, 2.45) is 0 Å². The minimum absolute atomic E-state index is 0.0649. The van der Waals surface area contributed by atoms with Gasteiger partial charge in [0.1, 0.15) is 24.2 Å². The molecule has 4 aromatic rings. The van der Waals surface area contributed by atoms with Gasteiger partial charge in [-0.05, 0) is 85.1 Å². The van der Waals surface area contributed by atoms with E-state index < -0.39 is 40.2 Å². The molecule has 0 aliphatic heterocycles. The third-order valence-electron chi connectivity index (χ3n) is 7.57. The molecule has 254 valence electrons. The number of rotatable bonds is 16. The largest absolute Gasteiger partial charge is 0.494 e. The van der Waals surface area contributed by atoms with Crippen molar-refractivity contribution in [3.05, 3.63) is 124 Å². The van der Waals surface area contributed by atoms with E-state index in [0.29, 0.717) is 29.5 Å². The highest BCUT2D eigenvalue weighted by Gasteiger charge is 2.35. The predicted molar refractivity (Wildman–Crippen MR) is 187 cm³/mol. The molecule has 0 saturated heterocycles. The Hall–Kier alpha value is -4.12. The second-order valence-corrected chi connectivity index (χ2v) is 13.7. The van der Waals surface area contributed by atoms with E-state index in [-0.39, 0.29) is 28.6 Å². The number of hydrogen-bond acceptors (Lipinski definition) is 5. The number of nitrogens with one attached hydrogen (secondary N) is 1. The van der Waals surface area contributed by atoms with Gasteiger partial charge >= 0.3 is 0 Å². The van der Waals surface area contributed by atoms with E-state index in [0.717, 1.165) is 34.8 Å². The van der Waals surface area contributed by atoms with Crippen molar-refractivity contribution in [1.82, 2.24) is 10.2 Å². The Morgan fingerprint density at radius 2 is 1.60 bits per heavy atom. The van der Waals surface area contributed by atoms with Gasteiger partial charge in [0, 0.05) is 29.6 Å². The van der Waals surface area contributed by atoms with E-state index in [4.69, 9.17) is 27.9 Å². The van der Waals surface area contributed by atoms with Gasteiger partial charge in [0.15, 0.2) is 0 Å². The standard InChI is InChI=1S/C36H38Cl2FN3O5S/c1-3-5-21-40-36(44)34(22-26-9-7-6-8-10-26)41(24-27-11-12-28(37)23-33(27)38)35(43)25-42(30-15-13-29(39)14-16-30)48(45,46)32-19-17-31(18-20-32)47-4-2/h6-20,23,34H,3-5,21-22,24-25H2,1-2H3,(H,40,44)/t34-/m0/s1. The Morgan fingerprint density at radius 3 is 2.23 bits per heavy atom. The lowest BCUT2D eigenvalue weighted by Crippen LogP contribution is -2.53. The number of amides is 2. The number of nitrogens with zero attached hydrogens (tertiary/aromatic N) is 2. The quantitative estimate of drug-likeness (QED) is 0.123. The van der Waals surface area contributed by atoms with Gasteiger partial charge in [0.05, 0.1) is 17.2 Å². The lowest BCUT2D eigenvalue weighted by atomic mass is 10.0. The SMILES string of the molecule is CCCCNC(=O)[C@H](Cc1ccccc1)N(Cc1ccc(Cl)cc1Cl)C(=O)CN(c1ccc(F)cc1)S(=O)(=O)c1ccc(OCC)cc1. The molecule has 0 heterocycles. The minimum atomic E-state index is -4.37. The fourth-order valence-corrected chi connectivity index (χ4v) is 6.91. The van der Waals surface area contributed by atoms with Crippen LogP contribution in [0.2, 0.25) is 10.0 Å². The van der Waals surface area contributed by atoms with Gasteiger partial charge in [-0.2, -0.15) is 0 Å². The summed E-state index contributed by atoms with van der Waals surface area (Å²) in [6.07, 6.45) is 1.74. The number of carbonyl (C=O) groups is 2. The monoisotopic (exact) mass is 713 g/mol. The highest BCUT2D eigenvalue weighted by molar-refractivity contribution is 7.92. The summed E-state index contributed by atoms with van der Waals surface area (Å²) in [5.74, 6) is -1.17. The van der Waals surface area contributed by atoms with Crippen LogP contribution in [0.25, 0.3) is 0 Å². The molecule has 8 nitrogen and oxygen atoms in total. The first kappa shape index (κ1) is 36.7. The van der Waals surface area contributed by atoms with E-state index in [1.165, 1.54) is 47.4 Å². The molecule has 12 heteroatoms. The van der Waals surface area contributed by atoms with Crippen LogP contribution in [-0.2, 0) is 32.6 Å². The smallest absolute Gasteiger partial charge is 0.264 e. The van der Waals surface area contributed by atoms with Crippen LogP contribution in [0.3, 0.4) is 0 Å². The number of sulfonamides is 1. The molecule has 1 atom stereocenters. The maximum Gasteiger partial charge on any atom is 0.264 e. The Labute approximate surface area is 291 Å². The summed E-state index contributed by atoms with van der Waals surface area (Å²) in [6.45, 7) is 3.80. The molecule has 0 aliphatic carbocycles. The number of hydrogen-bond donors (Lipinski definition) is 1. The van der Waals surface area contributed by atoms with Gasteiger partial charge in [-0.3, -0.25) is 13.9 Å². The summed E-state index contributed by atoms with van der Waals surface area (Å²) < 4.78 is 48.7. The van der Waals surface area contributed by atoms with Crippen molar-refractivity contribution >= 4 is 50.7 Å². The molecular formula is C36H38Cl2FN3O5S. The van der Waals surface area contributed by atoms with Crippen LogP contribution in [0, 0.1) is 5.82 Å². The molecule has 0 radical (unpaired) electrons. The van der Waals surface area contributed by atoms with Gasteiger partial charge in [0.2, 0.25) is 11.8 Å². The minimum Gasteiger partial charge on any atom is -0.494 e. The van der Waals surface area contributed by atoms with E-state index in [1.54, 1.807) is 12.1 Å². The van der Waals surface area contributed by atoms with Crippen molar-refractivity contribution in [2.75, 3.05) is 24.0 Å². The van der Waals surface area contributed by atoms with Crippen LogP contribution in [0.1, 0.15) is 37.8 Å². The Morgan fingerprint density at radius 1 is 0.917 bits per heavy atom. The lowest BCUT2D eigenvalue weighted by Gasteiger charge is -2.34. The van der Waals surface area contributed by atoms with E-state index >= 15 is 0 Å². The Balaban J connectivity index is 1.80. The molecule has 0 spiro atoms. The zero-order chi connectivity index (χ0) is 34.7. The summed E-state index contributed by atoms with van der Waals surface area (Å²) >= 11 is 12.7. The molecular weight excluding hydrogens is 676 g/mol. The number of ether oxygens (including phenoxy) is 1. The van der Waals surface area contributed by atoms with Crippen molar-refractivity contribution in [3.8, 4) is 5.75 Å². The summed E-state index contributed by atoms with van der Waals surface area (Å²) in [6, 6.07) is 23.6. The van der Waals surface area contributed by atoms with Gasteiger partial charge < -0.3 is 15.0 Å². The number of halogens is 3. The number of unbranched alkanes of at least 4 members (excludes halogenated alkanes) is 1. The maximum atomic E-state index is 14.5. The summed E-state index contributed by atoms with van der Waals surface area (Å²) in [4.78, 5) is 29.6. The third kappa shape index (κ3) is 9.71. The maximum absolute atomic E-state index is 14.5. The summed E-state index contributed by atoms with van der Waals surface area (Å²) in [7, 11) is -4.37. The van der Waals surface area contributed by atoms with Crippen LogP contribution < -0.4 is 14.4 Å². The normalized spacial score (nSPS) is 11.9. The number of benzene rings is 4. The molecule has 0 unspecified atom stereocenters. The number of carbonyl (C=O) groups excluding carboxylic acids is 2. The second-order valence-electron chi connectivity index (χ2n) is 11.0. The van der Waals surface area contributed by atoms with Gasteiger partial charge in [-0.25, -0.2) is 12.8 Å². The third-order valence-corrected chi connectivity index (χ3v) is 9.95. The highest BCUT2D eigenvalue weighted by Crippen LogP contribution is 2.28. The molecule has 0 aliphatic rings. The first-order valence-corrected chi connectivity index (χ1v) is 17.8. The molecule has 4 aromatic carbocycles. The van der Waals surface area contributed by atoms with E-state index in [9.17, 15) is 22.4 Å². The van der Waals surface area contributed by atoms with Gasteiger partial charge in [-0.1, -0.05) is 72.9 Å². The fraction of sp³-hybridized carbons (Fsp3) is 0.278. The zero-order valence-corrected chi connectivity index (χ0v) is 29.1. The molecule has 0 aromatic heterocycles. The average Bonchev–Trinajstić information content (AvgIpc) is 3.07. The Bertz CT molecular complexity index is 1780. The highest BCUT2D eigenvalue weighted by atomic mass is 35.5. The molecule has 1 N–H and O–H groups in total. The van der Waals surface area contributed by atoms with Crippen LogP contribution in [0.15, 0.2) is 102 Å². The molecule has 0 saturated carbocycles. The fourth-order valence-electron chi connectivity index (χ4n) is 5.03. The topological polar surface area (TPSA) is 96.0 Å². The molecule has 2 amide bonds. The summed E-state index contributed by atoms with van der Waals surface area (Å²) in [5.41, 5.74) is 1.37. The van der Waals surface area contributed by atoms with Crippen molar-refractivity contribution in [3.63, 3.8) is 0 Å². The van der Waals surface area contributed by atoms with Crippen molar-refractivity contribution in [2.45, 2.75) is 50.6 Å². The van der Waals surface area contributed by atoms with E-state index in [1.807, 2.05) is 44.2 Å². The lowest BCUT2D eigenvalue weighted by molar-refractivity contribution is -0.140. The molecule has 48 heavy (non-hydrogen) atoms. The van der Waals surface area contributed by atoms with Gasteiger partial charge in [-0.15, -0.1) is 0 Å². The van der Waals surface area contributed by atoms with Gasteiger partial charge in [0.25, 0.3) is 10.0 Å². The van der Waals surface area contributed by atoms with Crippen LogP contribution in [0.4, 0.5) is 10.1 Å². The van der Waals surface area contributed by atoms with Crippen molar-refractivity contribution < 1.29 is 27.1 Å². The van der Waals surface area contributed by atoms with Crippen LogP contribution in [-0.4, -0.2) is 50.9 Å². The van der Waals surface area contributed by atoms with Crippen LogP contribution in [0.5, 0.6) is 5.75 Å². The summed E-state index contributed by atoms with van der Waals surface area (Å²) in [5, 5.41) is 3.61. The second kappa shape index (κ2) is 17.3. The van der Waals surface area contributed by atoms with Crippen molar-refractivity contribution in [1.29, 1.82) is 0 Å².